The second kappa shape index (κ2) is 8.95. The first-order valence-electron chi connectivity index (χ1n) is 7.57. The standard InChI is InChI=1S/C15H28BrNO/c1-3-5-6-12-7-9-13(10-8-12)15(18)17-14(4-2)11-16/h12-14H,3-11H2,1-2H3,(H,17,18). The van der Waals surface area contributed by atoms with Crippen LogP contribution in [-0.4, -0.2) is 17.3 Å². The highest BCUT2D eigenvalue weighted by Crippen LogP contribution is 2.32. The predicted molar refractivity (Wildman–Crippen MR) is 81.0 cm³/mol. The maximum atomic E-state index is 12.1. The molecule has 0 radical (unpaired) electrons. The van der Waals surface area contributed by atoms with Crippen molar-refractivity contribution in [3.63, 3.8) is 0 Å². The van der Waals surface area contributed by atoms with E-state index in [0.29, 0.717) is 6.04 Å². The van der Waals surface area contributed by atoms with Gasteiger partial charge in [0.05, 0.1) is 0 Å². The smallest absolute Gasteiger partial charge is 0.223 e. The van der Waals surface area contributed by atoms with E-state index in [9.17, 15) is 4.79 Å². The molecule has 1 rings (SSSR count). The highest BCUT2D eigenvalue weighted by atomic mass is 79.9. The molecule has 0 spiro atoms. The van der Waals surface area contributed by atoms with E-state index in [1.54, 1.807) is 0 Å². The first-order valence-corrected chi connectivity index (χ1v) is 8.69. The Balaban J connectivity index is 2.27. The Kier molecular flexibility index (Phi) is 7.96. The van der Waals surface area contributed by atoms with Crippen LogP contribution in [0.4, 0.5) is 0 Å². The Bertz CT molecular complexity index is 233. The molecule has 0 bridgehead atoms. The van der Waals surface area contributed by atoms with Crippen LogP contribution in [0.5, 0.6) is 0 Å². The number of amides is 1. The second-order valence-corrected chi connectivity index (χ2v) is 6.28. The van der Waals surface area contributed by atoms with Crippen LogP contribution in [0.25, 0.3) is 0 Å². The molecular formula is C15H28BrNO. The molecule has 1 aliphatic carbocycles. The summed E-state index contributed by atoms with van der Waals surface area (Å²) in [6.07, 6.45) is 9.71. The largest absolute Gasteiger partial charge is 0.352 e. The van der Waals surface area contributed by atoms with Gasteiger partial charge in [-0.25, -0.2) is 0 Å². The fourth-order valence-corrected chi connectivity index (χ4v) is 3.39. The zero-order valence-electron chi connectivity index (χ0n) is 11.9. The van der Waals surface area contributed by atoms with E-state index in [1.807, 2.05) is 0 Å². The van der Waals surface area contributed by atoms with Gasteiger partial charge in [-0.05, 0) is 38.0 Å². The van der Waals surface area contributed by atoms with Crippen LogP contribution in [-0.2, 0) is 4.79 Å². The zero-order chi connectivity index (χ0) is 13.4. The lowest BCUT2D eigenvalue weighted by molar-refractivity contribution is -0.126. The summed E-state index contributed by atoms with van der Waals surface area (Å²) in [6.45, 7) is 4.37. The number of nitrogens with one attached hydrogen (secondary N) is 1. The average Bonchev–Trinajstić information content (AvgIpc) is 2.42. The van der Waals surface area contributed by atoms with Crippen LogP contribution in [0, 0.1) is 11.8 Å². The van der Waals surface area contributed by atoms with Crippen LogP contribution in [0.1, 0.15) is 65.2 Å². The molecule has 0 aromatic rings. The number of alkyl halides is 1. The molecule has 0 aromatic carbocycles. The molecule has 1 amide bonds. The van der Waals surface area contributed by atoms with Gasteiger partial charge in [-0.1, -0.05) is 49.0 Å². The monoisotopic (exact) mass is 317 g/mol. The van der Waals surface area contributed by atoms with Crippen molar-refractivity contribution >= 4 is 21.8 Å². The van der Waals surface area contributed by atoms with Gasteiger partial charge in [0.2, 0.25) is 5.91 Å². The molecule has 106 valence electrons. The van der Waals surface area contributed by atoms with Gasteiger partial charge < -0.3 is 5.32 Å². The first kappa shape index (κ1) is 16.0. The molecule has 18 heavy (non-hydrogen) atoms. The predicted octanol–water partition coefficient (Wildman–Crippen LogP) is 4.27. The number of rotatable bonds is 7. The van der Waals surface area contributed by atoms with E-state index < -0.39 is 0 Å². The van der Waals surface area contributed by atoms with Gasteiger partial charge in [-0.3, -0.25) is 4.79 Å². The minimum atomic E-state index is 0.274. The van der Waals surface area contributed by atoms with Crippen LogP contribution in [0.15, 0.2) is 0 Å². The van der Waals surface area contributed by atoms with Crippen LogP contribution < -0.4 is 5.32 Å². The fraction of sp³-hybridized carbons (Fsp3) is 0.933. The SMILES string of the molecule is CCCCC1CCC(C(=O)NC(CC)CBr)CC1. The summed E-state index contributed by atoms with van der Waals surface area (Å²) in [7, 11) is 0. The summed E-state index contributed by atoms with van der Waals surface area (Å²) in [5, 5.41) is 4.02. The van der Waals surface area contributed by atoms with E-state index in [1.165, 1.54) is 32.1 Å². The highest BCUT2D eigenvalue weighted by Gasteiger charge is 2.26. The van der Waals surface area contributed by atoms with Gasteiger partial charge >= 0.3 is 0 Å². The Morgan fingerprint density at radius 2 is 1.94 bits per heavy atom. The lowest BCUT2D eigenvalue weighted by atomic mass is 9.79. The molecule has 0 aromatic heterocycles. The second-order valence-electron chi connectivity index (χ2n) is 5.63. The van der Waals surface area contributed by atoms with Gasteiger partial charge in [0.25, 0.3) is 0 Å². The molecule has 1 aliphatic rings. The third-order valence-electron chi connectivity index (χ3n) is 4.21. The van der Waals surface area contributed by atoms with E-state index in [-0.39, 0.29) is 11.8 Å². The summed E-state index contributed by atoms with van der Waals surface area (Å²) < 4.78 is 0. The van der Waals surface area contributed by atoms with Crippen molar-refractivity contribution in [1.29, 1.82) is 0 Å². The maximum Gasteiger partial charge on any atom is 0.223 e. The number of carbonyl (C=O) groups is 1. The summed E-state index contributed by atoms with van der Waals surface area (Å²) in [4.78, 5) is 12.1. The van der Waals surface area contributed by atoms with Gasteiger partial charge in [-0.2, -0.15) is 0 Å². The molecule has 1 N–H and O–H groups in total. The van der Waals surface area contributed by atoms with E-state index in [4.69, 9.17) is 0 Å². The minimum absolute atomic E-state index is 0.274. The van der Waals surface area contributed by atoms with Gasteiger partial charge in [0.15, 0.2) is 0 Å². The summed E-state index contributed by atoms with van der Waals surface area (Å²) in [5.41, 5.74) is 0. The molecule has 1 atom stereocenters. The van der Waals surface area contributed by atoms with Crippen molar-refractivity contribution in [2.24, 2.45) is 11.8 Å². The fourth-order valence-electron chi connectivity index (χ4n) is 2.77. The topological polar surface area (TPSA) is 29.1 Å². The Labute approximate surface area is 120 Å². The molecule has 0 saturated heterocycles. The van der Waals surface area contributed by atoms with Crippen LogP contribution in [0.3, 0.4) is 0 Å². The van der Waals surface area contributed by atoms with E-state index in [0.717, 1.165) is 30.5 Å². The van der Waals surface area contributed by atoms with Gasteiger partial charge in [0, 0.05) is 17.3 Å². The maximum absolute atomic E-state index is 12.1. The average molecular weight is 318 g/mol. The molecule has 0 aliphatic heterocycles. The van der Waals surface area contributed by atoms with Crippen molar-refractivity contribution in [3.05, 3.63) is 0 Å². The lowest BCUT2D eigenvalue weighted by Gasteiger charge is -2.28. The first-order chi connectivity index (χ1) is 8.71. The molecule has 2 nitrogen and oxygen atoms in total. The van der Waals surface area contributed by atoms with Crippen LogP contribution >= 0.6 is 15.9 Å². The number of hydrogen-bond acceptors (Lipinski definition) is 1. The normalized spacial score (nSPS) is 25.7. The zero-order valence-corrected chi connectivity index (χ0v) is 13.5. The molecular weight excluding hydrogens is 290 g/mol. The van der Waals surface area contributed by atoms with Crippen molar-refractivity contribution in [3.8, 4) is 0 Å². The summed E-state index contributed by atoms with van der Waals surface area (Å²) >= 11 is 3.45. The number of carbonyl (C=O) groups excluding carboxylic acids is 1. The summed E-state index contributed by atoms with van der Waals surface area (Å²) in [5.74, 6) is 1.44. The van der Waals surface area contributed by atoms with Crippen molar-refractivity contribution in [1.82, 2.24) is 5.32 Å². The highest BCUT2D eigenvalue weighted by molar-refractivity contribution is 9.09. The quantitative estimate of drug-likeness (QED) is 0.698. The minimum Gasteiger partial charge on any atom is -0.352 e. The molecule has 1 unspecified atom stereocenters. The van der Waals surface area contributed by atoms with Crippen molar-refractivity contribution < 1.29 is 4.79 Å². The van der Waals surface area contributed by atoms with E-state index >= 15 is 0 Å². The third kappa shape index (κ3) is 5.29. The molecule has 1 saturated carbocycles. The number of halogens is 1. The van der Waals surface area contributed by atoms with Crippen molar-refractivity contribution in [2.45, 2.75) is 71.3 Å². The number of unbranched alkanes of at least 4 members (excludes halogenated alkanes) is 1. The van der Waals surface area contributed by atoms with Gasteiger partial charge in [0.1, 0.15) is 0 Å². The van der Waals surface area contributed by atoms with Crippen LogP contribution in [0.2, 0.25) is 0 Å². The lowest BCUT2D eigenvalue weighted by Crippen LogP contribution is -2.40. The third-order valence-corrected chi connectivity index (χ3v) is 4.99. The van der Waals surface area contributed by atoms with E-state index in [2.05, 4.69) is 35.1 Å². The number of hydrogen-bond donors (Lipinski definition) is 1. The van der Waals surface area contributed by atoms with Gasteiger partial charge in [-0.15, -0.1) is 0 Å². The van der Waals surface area contributed by atoms with Crippen molar-refractivity contribution in [2.75, 3.05) is 5.33 Å². The Morgan fingerprint density at radius 1 is 1.28 bits per heavy atom. The Hall–Kier alpha value is -0.0500. The Morgan fingerprint density at radius 3 is 2.44 bits per heavy atom. The molecule has 0 heterocycles. The summed E-state index contributed by atoms with van der Waals surface area (Å²) in [6, 6.07) is 0.301. The molecule has 3 heteroatoms. The molecule has 1 fully saturated rings.